The van der Waals surface area contributed by atoms with Crippen LogP contribution in [0.2, 0.25) is 0 Å². The number of Topliss-reactive ketones (excluding diaryl/α,β-unsaturated/α-hetero) is 1. The quantitative estimate of drug-likeness (QED) is 0.0796. The van der Waals surface area contributed by atoms with E-state index in [0.29, 0.717) is 71.4 Å². The SMILES string of the molecule is Nc1nc2c(nc(C(=O)CCCOCCOCCOCCOCCOCCCCCCCl)n2Cc2ccc(F)cc2)c(=O)[nH]1. The Morgan fingerprint density at radius 1 is 0.795 bits per heavy atom. The zero-order chi connectivity index (χ0) is 31.4. The minimum atomic E-state index is -0.539. The summed E-state index contributed by atoms with van der Waals surface area (Å²) >= 11 is 5.65. The highest BCUT2D eigenvalue weighted by atomic mass is 35.5. The van der Waals surface area contributed by atoms with Crippen LogP contribution < -0.4 is 11.3 Å². The van der Waals surface area contributed by atoms with Gasteiger partial charge in [-0.1, -0.05) is 25.0 Å². The Morgan fingerprint density at radius 3 is 1.93 bits per heavy atom. The number of ketones is 1. The minimum Gasteiger partial charge on any atom is -0.379 e. The molecule has 0 fully saturated rings. The van der Waals surface area contributed by atoms with Crippen LogP contribution in [0.1, 0.15) is 54.7 Å². The fourth-order valence-electron chi connectivity index (χ4n) is 4.24. The van der Waals surface area contributed by atoms with Gasteiger partial charge in [0.1, 0.15) is 5.82 Å². The molecule has 0 saturated carbocycles. The summed E-state index contributed by atoms with van der Waals surface area (Å²) in [6.45, 7) is 5.08. The number of benzene rings is 1. The van der Waals surface area contributed by atoms with E-state index in [1.165, 1.54) is 16.7 Å². The third-order valence-corrected chi connectivity index (χ3v) is 6.75. The molecule has 2 aromatic heterocycles. The molecule has 0 aliphatic carbocycles. The first-order valence-electron chi connectivity index (χ1n) is 15.0. The Labute approximate surface area is 261 Å². The van der Waals surface area contributed by atoms with Gasteiger partial charge in [-0.2, -0.15) is 4.98 Å². The largest absolute Gasteiger partial charge is 0.379 e. The van der Waals surface area contributed by atoms with E-state index in [1.54, 1.807) is 12.1 Å². The number of alkyl halides is 1. The number of anilines is 1. The van der Waals surface area contributed by atoms with Crippen LogP contribution >= 0.6 is 11.6 Å². The zero-order valence-electron chi connectivity index (χ0n) is 25.1. The van der Waals surface area contributed by atoms with Crippen LogP contribution in [0.5, 0.6) is 0 Å². The van der Waals surface area contributed by atoms with Gasteiger partial charge in [-0.3, -0.25) is 14.6 Å². The molecule has 44 heavy (non-hydrogen) atoms. The van der Waals surface area contributed by atoms with Crippen LogP contribution in [0.4, 0.5) is 10.3 Å². The second-order valence-electron chi connectivity index (χ2n) is 9.96. The summed E-state index contributed by atoms with van der Waals surface area (Å²) in [5, 5.41) is 0. The smallest absolute Gasteiger partial charge is 0.280 e. The standard InChI is InChI=1S/C30H43ClFN5O7/c31-11-3-1-2-4-12-40-14-16-42-18-20-44-21-19-43-17-15-41-13-5-6-25(38)27-34-26-28(35-30(33)36-29(26)39)37(27)22-23-7-9-24(32)10-8-23/h7-10H,1-6,11-22H2,(H3,33,35,36,39). The number of fused-ring (bicyclic) bond motifs is 1. The van der Waals surface area contributed by atoms with Crippen molar-refractivity contribution >= 4 is 34.5 Å². The van der Waals surface area contributed by atoms with Gasteiger partial charge in [-0.15, -0.1) is 11.6 Å². The molecular formula is C30H43ClFN5O7. The van der Waals surface area contributed by atoms with E-state index in [-0.39, 0.29) is 47.5 Å². The van der Waals surface area contributed by atoms with E-state index >= 15 is 0 Å². The van der Waals surface area contributed by atoms with Gasteiger partial charge in [-0.25, -0.2) is 9.37 Å². The fraction of sp³-hybridized carbons (Fsp3) is 0.600. The Balaban J connectivity index is 1.24. The van der Waals surface area contributed by atoms with Crippen molar-refractivity contribution in [3.05, 3.63) is 51.8 Å². The number of halogens is 2. The van der Waals surface area contributed by atoms with Crippen LogP contribution in [-0.2, 0) is 30.2 Å². The summed E-state index contributed by atoms with van der Waals surface area (Å²) in [4.78, 5) is 36.3. The van der Waals surface area contributed by atoms with Gasteiger partial charge in [0.05, 0.1) is 59.4 Å². The Bertz CT molecular complexity index is 1310. The summed E-state index contributed by atoms with van der Waals surface area (Å²) in [5.74, 6) is 0.0684. The van der Waals surface area contributed by atoms with Gasteiger partial charge in [-0.05, 0) is 37.0 Å². The van der Waals surface area contributed by atoms with E-state index in [9.17, 15) is 14.0 Å². The molecule has 14 heteroatoms. The molecule has 0 aliphatic rings. The number of imidazole rings is 1. The topological polar surface area (TPSA) is 153 Å². The Morgan fingerprint density at radius 2 is 1.34 bits per heavy atom. The number of nitrogens with zero attached hydrogens (tertiary/aromatic N) is 3. The number of nitrogens with one attached hydrogen (secondary N) is 1. The number of nitrogens with two attached hydrogens (primary N) is 1. The van der Waals surface area contributed by atoms with Crippen molar-refractivity contribution in [1.29, 1.82) is 0 Å². The molecule has 0 saturated heterocycles. The maximum Gasteiger partial charge on any atom is 0.280 e. The molecule has 1 aromatic carbocycles. The molecule has 0 spiro atoms. The molecule has 12 nitrogen and oxygen atoms in total. The first-order chi connectivity index (χ1) is 21.5. The van der Waals surface area contributed by atoms with Gasteiger partial charge in [0.25, 0.3) is 5.56 Å². The average Bonchev–Trinajstić information content (AvgIpc) is 3.37. The minimum absolute atomic E-state index is 0.0137. The van der Waals surface area contributed by atoms with Crippen molar-refractivity contribution < 1.29 is 32.9 Å². The molecule has 0 amide bonds. The van der Waals surface area contributed by atoms with Crippen molar-refractivity contribution in [2.24, 2.45) is 0 Å². The van der Waals surface area contributed by atoms with Gasteiger partial charge in [0.2, 0.25) is 5.95 Å². The second-order valence-corrected chi connectivity index (χ2v) is 10.3. The van der Waals surface area contributed by atoms with Crippen LogP contribution in [0.3, 0.4) is 0 Å². The van der Waals surface area contributed by atoms with Gasteiger partial charge in [0.15, 0.2) is 22.8 Å². The third kappa shape index (κ3) is 13.0. The molecule has 0 atom stereocenters. The summed E-state index contributed by atoms with van der Waals surface area (Å²) in [5.41, 5.74) is 6.10. The van der Waals surface area contributed by atoms with Crippen molar-refractivity contribution in [3.63, 3.8) is 0 Å². The number of carbonyl (C=O) groups is 1. The lowest BCUT2D eigenvalue weighted by Gasteiger charge is -2.09. The van der Waals surface area contributed by atoms with Crippen molar-refractivity contribution in [2.75, 3.05) is 77.7 Å². The van der Waals surface area contributed by atoms with E-state index in [2.05, 4.69) is 15.0 Å². The predicted molar refractivity (Wildman–Crippen MR) is 165 cm³/mol. The number of carbonyl (C=O) groups excluding carboxylic acids is 1. The highest BCUT2D eigenvalue weighted by Crippen LogP contribution is 2.17. The first-order valence-corrected chi connectivity index (χ1v) is 15.5. The van der Waals surface area contributed by atoms with E-state index in [1.807, 2.05) is 0 Å². The van der Waals surface area contributed by atoms with E-state index in [0.717, 1.165) is 38.2 Å². The molecule has 0 unspecified atom stereocenters. The lowest BCUT2D eigenvalue weighted by Crippen LogP contribution is -2.14. The van der Waals surface area contributed by atoms with Crippen LogP contribution in [0.15, 0.2) is 29.1 Å². The van der Waals surface area contributed by atoms with E-state index in [4.69, 9.17) is 41.0 Å². The average molecular weight is 640 g/mol. The molecular weight excluding hydrogens is 597 g/mol. The third-order valence-electron chi connectivity index (χ3n) is 6.48. The molecule has 0 radical (unpaired) electrons. The number of unbranched alkanes of at least 4 members (excludes halogenated alkanes) is 3. The molecule has 2 heterocycles. The zero-order valence-corrected chi connectivity index (χ0v) is 25.8. The summed E-state index contributed by atoms with van der Waals surface area (Å²) in [6.07, 6.45) is 5.01. The lowest BCUT2D eigenvalue weighted by atomic mass is 10.2. The highest BCUT2D eigenvalue weighted by Gasteiger charge is 2.21. The van der Waals surface area contributed by atoms with Crippen LogP contribution in [-0.4, -0.2) is 97.3 Å². The Kier molecular flexibility index (Phi) is 16.9. The molecule has 244 valence electrons. The predicted octanol–water partition coefficient (Wildman–Crippen LogP) is 3.73. The van der Waals surface area contributed by atoms with Crippen molar-refractivity contribution in [2.45, 2.75) is 45.1 Å². The number of ether oxygens (including phenoxy) is 5. The number of aromatic amines is 1. The number of nitrogen functional groups attached to an aromatic ring is 1. The molecule has 3 rings (SSSR count). The maximum absolute atomic E-state index is 13.4. The molecule has 3 aromatic rings. The van der Waals surface area contributed by atoms with E-state index < -0.39 is 5.56 Å². The van der Waals surface area contributed by atoms with Crippen LogP contribution in [0.25, 0.3) is 11.2 Å². The molecule has 0 aliphatic heterocycles. The monoisotopic (exact) mass is 639 g/mol. The van der Waals surface area contributed by atoms with Gasteiger partial charge >= 0.3 is 0 Å². The fourth-order valence-corrected chi connectivity index (χ4v) is 4.43. The van der Waals surface area contributed by atoms with Crippen LogP contribution in [0, 0.1) is 5.82 Å². The summed E-state index contributed by atoms with van der Waals surface area (Å²) in [7, 11) is 0. The Hall–Kier alpha value is -2.94. The van der Waals surface area contributed by atoms with Crippen molar-refractivity contribution in [3.8, 4) is 0 Å². The highest BCUT2D eigenvalue weighted by molar-refractivity contribution is 6.17. The maximum atomic E-state index is 13.4. The molecule has 0 bridgehead atoms. The van der Waals surface area contributed by atoms with Crippen molar-refractivity contribution in [1.82, 2.24) is 19.5 Å². The number of hydrogen-bond acceptors (Lipinski definition) is 10. The van der Waals surface area contributed by atoms with Gasteiger partial charge < -0.3 is 34.0 Å². The number of H-pyrrole nitrogens is 1. The first kappa shape index (κ1) is 35.5. The second kappa shape index (κ2) is 20.9. The molecule has 3 N–H and O–H groups in total. The number of hydrogen-bond donors (Lipinski definition) is 2. The number of rotatable bonds is 25. The lowest BCUT2D eigenvalue weighted by molar-refractivity contribution is -0.0113. The van der Waals surface area contributed by atoms with Gasteiger partial charge in [0, 0.05) is 25.5 Å². The summed E-state index contributed by atoms with van der Waals surface area (Å²) in [6, 6.07) is 5.83. The summed E-state index contributed by atoms with van der Waals surface area (Å²) < 4.78 is 42.5. The number of aromatic nitrogens is 4. The normalized spacial score (nSPS) is 11.5.